The van der Waals surface area contributed by atoms with Gasteiger partial charge in [0.05, 0.1) is 22.3 Å². The summed E-state index contributed by atoms with van der Waals surface area (Å²) in [6.45, 7) is 5.50. The lowest BCUT2D eigenvalue weighted by Crippen LogP contribution is -2.32. The normalized spacial score (nSPS) is 10.4. The summed E-state index contributed by atoms with van der Waals surface area (Å²) in [6.07, 6.45) is -0.520. The van der Waals surface area contributed by atoms with Gasteiger partial charge in [-0.1, -0.05) is 35.0 Å². The molecule has 0 aliphatic rings. The summed E-state index contributed by atoms with van der Waals surface area (Å²) < 4.78 is 5.07. The van der Waals surface area contributed by atoms with E-state index in [1.807, 2.05) is 0 Å². The minimum Gasteiger partial charge on any atom is -0.444 e. The SMILES string of the molecule is CC(C)(C)OC(=O)NCC#Cc1ccc(N)c(Cl)c1Cl. The molecule has 6 heteroatoms. The topological polar surface area (TPSA) is 64.3 Å². The Morgan fingerprint density at radius 2 is 2.00 bits per heavy atom. The fraction of sp³-hybridized carbons (Fsp3) is 0.357. The Morgan fingerprint density at radius 3 is 2.60 bits per heavy atom. The number of rotatable bonds is 1. The summed E-state index contributed by atoms with van der Waals surface area (Å²) in [4.78, 5) is 11.4. The van der Waals surface area contributed by atoms with Crippen molar-refractivity contribution in [2.75, 3.05) is 12.3 Å². The third-order valence-electron chi connectivity index (χ3n) is 2.06. The fourth-order valence-corrected chi connectivity index (χ4v) is 1.62. The Morgan fingerprint density at radius 1 is 1.35 bits per heavy atom. The number of amides is 1. The number of anilines is 1. The largest absolute Gasteiger partial charge is 0.444 e. The summed E-state index contributed by atoms with van der Waals surface area (Å²) in [7, 11) is 0. The van der Waals surface area contributed by atoms with Crippen LogP contribution in [0.15, 0.2) is 12.1 Å². The van der Waals surface area contributed by atoms with Crippen LogP contribution in [0.25, 0.3) is 0 Å². The predicted octanol–water partition coefficient (Wildman–Crippen LogP) is 3.45. The molecule has 0 aliphatic heterocycles. The molecule has 1 rings (SSSR count). The molecular formula is C14H16Cl2N2O2. The van der Waals surface area contributed by atoms with Crippen LogP contribution >= 0.6 is 23.2 Å². The third-order valence-corrected chi connectivity index (χ3v) is 2.95. The molecule has 0 bridgehead atoms. The van der Waals surface area contributed by atoms with E-state index < -0.39 is 11.7 Å². The number of carbonyl (C=O) groups is 1. The molecule has 0 unspecified atom stereocenters. The van der Waals surface area contributed by atoms with Crippen molar-refractivity contribution in [2.24, 2.45) is 0 Å². The standard InChI is InChI=1S/C14H16Cl2N2O2/c1-14(2,3)20-13(19)18-8-4-5-9-6-7-10(17)12(16)11(9)15/h6-7H,8,17H2,1-3H3,(H,18,19). The summed E-state index contributed by atoms with van der Waals surface area (Å²) in [5.74, 6) is 5.57. The number of ether oxygens (including phenoxy) is 1. The Labute approximate surface area is 128 Å². The van der Waals surface area contributed by atoms with Crippen molar-refractivity contribution in [1.29, 1.82) is 0 Å². The van der Waals surface area contributed by atoms with Gasteiger partial charge in [-0.15, -0.1) is 0 Å². The summed E-state index contributed by atoms with van der Waals surface area (Å²) >= 11 is 11.9. The third kappa shape index (κ3) is 5.20. The first-order chi connectivity index (χ1) is 9.20. The van der Waals surface area contributed by atoms with Crippen LogP contribution in [0.2, 0.25) is 10.0 Å². The molecule has 20 heavy (non-hydrogen) atoms. The van der Waals surface area contributed by atoms with Crippen LogP contribution in [0.4, 0.5) is 10.5 Å². The molecule has 0 radical (unpaired) electrons. The minimum atomic E-state index is -0.536. The molecule has 0 aliphatic carbocycles. The molecule has 3 N–H and O–H groups in total. The maximum absolute atomic E-state index is 11.4. The average Bonchev–Trinajstić information content (AvgIpc) is 2.32. The number of benzene rings is 1. The monoisotopic (exact) mass is 314 g/mol. The number of halogens is 2. The van der Waals surface area contributed by atoms with Gasteiger partial charge in [0, 0.05) is 5.56 Å². The van der Waals surface area contributed by atoms with Crippen molar-refractivity contribution in [3.8, 4) is 11.8 Å². The van der Waals surface area contributed by atoms with Crippen molar-refractivity contribution in [2.45, 2.75) is 26.4 Å². The number of nitrogens with one attached hydrogen (secondary N) is 1. The number of nitrogen functional groups attached to an aromatic ring is 1. The van der Waals surface area contributed by atoms with E-state index in [2.05, 4.69) is 17.2 Å². The van der Waals surface area contributed by atoms with Gasteiger partial charge in [0.25, 0.3) is 0 Å². The second kappa shape index (κ2) is 6.74. The molecule has 1 aromatic rings. The van der Waals surface area contributed by atoms with Crippen molar-refractivity contribution < 1.29 is 9.53 Å². The van der Waals surface area contributed by atoms with Crippen LogP contribution in [-0.2, 0) is 4.74 Å². The Hall–Kier alpha value is -1.57. The van der Waals surface area contributed by atoms with Crippen molar-refractivity contribution in [1.82, 2.24) is 5.32 Å². The van der Waals surface area contributed by atoms with Crippen LogP contribution in [-0.4, -0.2) is 18.2 Å². The maximum atomic E-state index is 11.4. The van der Waals surface area contributed by atoms with E-state index in [1.165, 1.54) is 0 Å². The molecule has 0 saturated heterocycles. The van der Waals surface area contributed by atoms with E-state index in [-0.39, 0.29) is 11.6 Å². The average molecular weight is 315 g/mol. The van der Waals surface area contributed by atoms with Gasteiger partial charge in [-0.05, 0) is 32.9 Å². The highest BCUT2D eigenvalue weighted by Crippen LogP contribution is 2.30. The highest BCUT2D eigenvalue weighted by atomic mass is 35.5. The lowest BCUT2D eigenvalue weighted by atomic mass is 10.2. The molecule has 4 nitrogen and oxygen atoms in total. The van der Waals surface area contributed by atoms with Gasteiger partial charge in [-0.25, -0.2) is 4.79 Å². The van der Waals surface area contributed by atoms with E-state index in [1.54, 1.807) is 32.9 Å². The Kier molecular flexibility index (Phi) is 5.55. The highest BCUT2D eigenvalue weighted by molar-refractivity contribution is 6.44. The minimum absolute atomic E-state index is 0.146. The lowest BCUT2D eigenvalue weighted by Gasteiger charge is -2.19. The van der Waals surface area contributed by atoms with Gasteiger partial charge in [0.2, 0.25) is 0 Å². The van der Waals surface area contributed by atoms with Crippen LogP contribution in [0.5, 0.6) is 0 Å². The molecule has 1 amide bonds. The van der Waals surface area contributed by atoms with Gasteiger partial charge in [0.1, 0.15) is 5.60 Å². The van der Waals surface area contributed by atoms with Crippen molar-refractivity contribution in [3.63, 3.8) is 0 Å². The van der Waals surface area contributed by atoms with Gasteiger partial charge < -0.3 is 15.8 Å². The maximum Gasteiger partial charge on any atom is 0.408 e. The van der Waals surface area contributed by atoms with Gasteiger partial charge in [-0.3, -0.25) is 0 Å². The van der Waals surface area contributed by atoms with Crippen LogP contribution in [0, 0.1) is 11.8 Å². The second-order valence-electron chi connectivity index (χ2n) is 4.99. The smallest absolute Gasteiger partial charge is 0.408 e. The number of nitrogens with two attached hydrogens (primary N) is 1. The van der Waals surface area contributed by atoms with Crippen LogP contribution in [0.3, 0.4) is 0 Å². The van der Waals surface area contributed by atoms with E-state index in [0.29, 0.717) is 16.3 Å². The van der Waals surface area contributed by atoms with Crippen molar-refractivity contribution >= 4 is 35.0 Å². The molecule has 0 fully saturated rings. The first-order valence-corrected chi connectivity index (χ1v) is 6.65. The first-order valence-electron chi connectivity index (χ1n) is 5.90. The number of hydrogen-bond acceptors (Lipinski definition) is 3. The van der Waals surface area contributed by atoms with Crippen LogP contribution in [0.1, 0.15) is 26.3 Å². The second-order valence-corrected chi connectivity index (χ2v) is 5.74. The van der Waals surface area contributed by atoms with Crippen molar-refractivity contribution in [3.05, 3.63) is 27.7 Å². The Balaban J connectivity index is 2.60. The zero-order valence-electron chi connectivity index (χ0n) is 11.5. The number of hydrogen-bond donors (Lipinski definition) is 2. The molecule has 0 heterocycles. The van der Waals surface area contributed by atoms with Gasteiger partial charge >= 0.3 is 6.09 Å². The lowest BCUT2D eigenvalue weighted by molar-refractivity contribution is 0.0535. The zero-order chi connectivity index (χ0) is 15.3. The Bertz CT molecular complexity index is 569. The quantitative estimate of drug-likeness (QED) is 0.616. The molecule has 0 atom stereocenters. The highest BCUT2D eigenvalue weighted by Gasteiger charge is 2.15. The van der Waals surface area contributed by atoms with E-state index >= 15 is 0 Å². The first kappa shape index (κ1) is 16.5. The summed E-state index contributed by atoms with van der Waals surface area (Å²) in [5.41, 5.74) is 6.02. The molecule has 1 aromatic carbocycles. The van der Waals surface area contributed by atoms with Gasteiger partial charge in [0.15, 0.2) is 0 Å². The zero-order valence-corrected chi connectivity index (χ0v) is 13.0. The molecular weight excluding hydrogens is 299 g/mol. The van der Waals surface area contributed by atoms with E-state index in [0.717, 1.165) is 0 Å². The van der Waals surface area contributed by atoms with E-state index in [9.17, 15) is 4.79 Å². The molecule has 108 valence electrons. The van der Waals surface area contributed by atoms with E-state index in [4.69, 9.17) is 33.7 Å². The van der Waals surface area contributed by atoms with Gasteiger partial charge in [-0.2, -0.15) is 0 Å². The molecule has 0 saturated carbocycles. The molecule has 0 spiro atoms. The molecule has 0 aromatic heterocycles. The van der Waals surface area contributed by atoms with Crippen LogP contribution < -0.4 is 11.1 Å². The predicted molar refractivity (Wildman–Crippen MR) is 82.0 cm³/mol. The summed E-state index contributed by atoms with van der Waals surface area (Å²) in [5, 5.41) is 3.10. The number of alkyl carbamates (subject to hydrolysis) is 1. The summed E-state index contributed by atoms with van der Waals surface area (Å²) in [6, 6.07) is 3.30. The fourth-order valence-electron chi connectivity index (χ4n) is 1.23. The number of carbonyl (C=O) groups excluding carboxylic acids is 1.